The van der Waals surface area contributed by atoms with Crippen molar-refractivity contribution in [3.8, 4) is 0 Å². The van der Waals surface area contributed by atoms with Gasteiger partial charge in [-0.25, -0.2) is 4.39 Å². The third kappa shape index (κ3) is 2.45. The molecule has 0 aliphatic carbocycles. The van der Waals surface area contributed by atoms with E-state index in [1.807, 2.05) is 0 Å². The maximum Gasteiger partial charge on any atom is 0.256 e. The zero-order valence-corrected chi connectivity index (χ0v) is 11.6. The first-order valence-corrected chi connectivity index (χ1v) is 6.44. The van der Waals surface area contributed by atoms with Gasteiger partial charge in [0, 0.05) is 25.8 Å². The van der Waals surface area contributed by atoms with Crippen LogP contribution in [0.2, 0.25) is 0 Å². The Hall–Kier alpha value is -2.11. The average molecular weight is 279 g/mol. The van der Waals surface area contributed by atoms with Crippen LogP contribution in [-0.2, 0) is 4.79 Å². The highest BCUT2D eigenvalue weighted by Gasteiger charge is 2.41. The summed E-state index contributed by atoms with van der Waals surface area (Å²) in [6.07, 6.45) is 0.564. The number of nitrogens with two attached hydrogens (primary N) is 1. The first kappa shape index (κ1) is 14.3. The second kappa shape index (κ2) is 5.11. The number of rotatable bonds is 2. The van der Waals surface area contributed by atoms with Gasteiger partial charge in [0.2, 0.25) is 5.91 Å². The third-order valence-electron chi connectivity index (χ3n) is 3.76. The van der Waals surface area contributed by atoms with E-state index in [1.54, 1.807) is 14.0 Å². The fourth-order valence-electron chi connectivity index (χ4n) is 2.50. The molecule has 1 aliphatic heterocycles. The van der Waals surface area contributed by atoms with Gasteiger partial charge in [-0.05, 0) is 31.5 Å². The van der Waals surface area contributed by atoms with E-state index >= 15 is 0 Å². The van der Waals surface area contributed by atoms with E-state index in [-0.39, 0.29) is 23.7 Å². The van der Waals surface area contributed by atoms with Gasteiger partial charge in [0.05, 0.1) is 11.0 Å². The lowest BCUT2D eigenvalue weighted by Gasteiger charge is -2.22. The number of anilines is 1. The van der Waals surface area contributed by atoms with Crippen LogP contribution in [0.1, 0.15) is 23.7 Å². The minimum Gasteiger partial charge on any atom is -0.399 e. The molecule has 6 heteroatoms. The highest BCUT2D eigenvalue weighted by molar-refractivity contribution is 5.96. The Morgan fingerprint density at radius 2 is 2.15 bits per heavy atom. The molecule has 1 saturated heterocycles. The van der Waals surface area contributed by atoms with Gasteiger partial charge in [-0.2, -0.15) is 0 Å². The summed E-state index contributed by atoms with van der Waals surface area (Å²) in [6.45, 7) is 2.53. The summed E-state index contributed by atoms with van der Waals surface area (Å²) < 4.78 is 13.8. The predicted octanol–water partition coefficient (Wildman–Crippen LogP) is 1.01. The van der Waals surface area contributed by atoms with Gasteiger partial charge in [0.15, 0.2) is 0 Å². The van der Waals surface area contributed by atoms with Crippen LogP contribution in [0.25, 0.3) is 0 Å². The topological polar surface area (TPSA) is 75.4 Å². The zero-order chi connectivity index (χ0) is 14.9. The number of nitrogen functional groups attached to an aromatic ring is 1. The largest absolute Gasteiger partial charge is 0.399 e. The lowest BCUT2D eigenvalue weighted by molar-refractivity contribution is -0.128. The number of hydrogen-bond acceptors (Lipinski definition) is 3. The second-order valence-corrected chi connectivity index (χ2v) is 5.36. The van der Waals surface area contributed by atoms with Crippen LogP contribution in [-0.4, -0.2) is 36.9 Å². The van der Waals surface area contributed by atoms with Gasteiger partial charge >= 0.3 is 0 Å². The monoisotopic (exact) mass is 279 g/mol. The molecule has 1 aromatic carbocycles. The van der Waals surface area contributed by atoms with Gasteiger partial charge in [0.1, 0.15) is 5.82 Å². The van der Waals surface area contributed by atoms with Crippen LogP contribution in [0.15, 0.2) is 18.2 Å². The standard InChI is InChI=1S/C14H18FN3O2/c1-14(13(20)17-2)5-6-18(8-14)12(19)10-4-3-9(16)7-11(10)15/h3-4,7H,5-6,8,16H2,1-2H3,(H,17,20). The number of halogens is 1. The molecule has 1 aromatic rings. The molecule has 0 saturated carbocycles. The molecule has 3 N–H and O–H groups in total. The molecule has 1 fully saturated rings. The molecular formula is C14H18FN3O2. The smallest absolute Gasteiger partial charge is 0.256 e. The number of hydrogen-bond donors (Lipinski definition) is 2. The average Bonchev–Trinajstić information content (AvgIpc) is 2.81. The molecule has 1 heterocycles. The quantitative estimate of drug-likeness (QED) is 0.793. The second-order valence-electron chi connectivity index (χ2n) is 5.36. The van der Waals surface area contributed by atoms with E-state index in [9.17, 15) is 14.0 Å². The van der Waals surface area contributed by atoms with Gasteiger partial charge in [-0.1, -0.05) is 0 Å². The van der Waals surface area contributed by atoms with Crippen molar-refractivity contribution >= 4 is 17.5 Å². The molecule has 1 unspecified atom stereocenters. The van der Waals surface area contributed by atoms with E-state index in [4.69, 9.17) is 5.73 Å². The Bertz CT molecular complexity index is 561. The van der Waals surface area contributed by atoms with E-state index < -0.39 is 17.1 Å². The Labute approximate surface area is 116 Å². The summed E-state index contributed by atoms with van der Waals surface area (Å²) in [5.41, 5.74) is 5.11. The fraction of sp³-hybridized carbons (Fsp3) is 0.429. The number of nitrogens with zero attached hydrogens (tertiary/aromatic N) is 1. The number of likely N-dealkylation sites (tertiary alicyclic amines) is 1. The van der Waals surface area contributed by atoms with Crippen LogP contribution >= 0.6 is 0 Å². The predicted molar refractivity (Wildman–Crippen MR) is 73.5 cm³/mol. The molecule has 108 valence electrons. The number of nitrogens with one attached hydrogen (secondary N) is 1. The van der Waals surface area contributed by atoms with E-state index in [0.29, 0.717) is 13.0 Å². The minimum absolute atomic E-state index is 0.0136. The van der Waals surface area contributed by atoms with Crippen LogP contribution < -0.4 is 11.1 Å². The Kier molecular flexibility index (Phi) is 3.65. The van der Waals surface area contributed by atoms with Crippen molar-refractivity contribution in [1.82, 2.24) is 10.2 Å². The number of carbonyl (C=O) groups excluding carboxylic acids is 2. The first-order valence-electron chi connectivity index (χ1n) is 6.44. The molecule has 1 atom stereocenters. The Morgan fingerprint density at radius 3 is 2.75 bits per heavy atom. The van der Waals surface area contributed by atoms with Gasteiger partial charge in [0.25, 0.3) is 5.91 Å². The van der Waals surface area contributed by atoms with Crippen molar-refractivity contribution in [2.24, 2.45) is 5.41 Å². The van der Waals surface area contributed by atoms with Crippen molar-refractivity contribution in [2.45, 2.75) is 13.3 Å². The van der Waals surface area contributed by atoms with E-state index in [1.165, 1.54) is 17.0 Å². The van der Waals surface area contributed by atoms with Crippen molar-refractivity contribution in [3.05, 3.63) is 29.6 Å². The maximum absolute atomic E-state index is 13.8. The van der Waals surface area contributed by atoms with Gasteiger partial charge < -0.3 is 16.0 Å². The molecular weight excluding hydrogens is 261 g/mol. The molecule has 0 bridgehead atoms. The van der Waals surface area contributed by atoms with Gasteiger partial charge in [-0.3, -0.25) is 9.59 Å². The summed E-state index contributed by atoms with van der Waals surface area (Å²) in [4.78, 5) is 25.6. The fourth-order valence-corrected chi connectivity index (χ4v) is 2.50. The van der Waals surface area contributed by atoms with Crippen molar-refractivity contribution in [2.75, 3.05) is 25.9 Å². The van der Waals surface area contributed by atoms with Crippen molar-refractivity contribution < 1.29 is 14.0 Å². The van der Waals surface area contributed by atoms with Crippen LogP contribution in [0.3, 0.4) is 0 Å². The molecule has 1 aliphatic rings. The summed E-state index contributed by atoms with van der Waals surface area (Å²) in [5, 5.41) is 2.60. The number of benzene rings is 1. The van der Waals surface area contributed by atoms with Crippen LogP contribution in [0, 0.1) is 11.2 Å². The third-order valence-corrected chi connectivity index (χ3v) is 3.76. The summed E-state index contributed by atoms with van der Waals surface area (Å²) >= 11 is 0. The van der Waals surface area contributed by atoms with Crippen LogP contribution in [0.5, 0.6) is 0 Å². The normalized spacial score (nSPS) is 21.9. The molecule has 2 amide bonds. The molecule has 20 heavy (non-hydrogen) atoms. The lowest BCUT2D eigenvalue weighted by atomic mass is 9.89. The summed E-state index contributed by atoms with van der Waals surface area (Å²) in [6, 6.07) is 3.99. The number of carbonyl (C=O) groups is 2. The summed E-state index contributed by atoms with van der Waals surface area (Å²) in [5.74, 6) is -1.15. The molecule has 5 nitrogen and oxygen atoms in total. The lowest BCUT2D eigenvalue weighted by Crippen LogP contribution is -2.40. The van der Waals surface area contributed by atoms with Crippen molar-refractivity contribution in [1.29, 1.82) is 0 Å². The Balaban J connectivity index is 2.18. The molecule has 2 rings (SSSR count). The molecule has 0 spiro atoms. The number of amides is 2. The van der Waals surface area contributed by atoms with Crippen LogP contribution in [0.4, 0.5) is 10.1 Å². The van der Waals surface area contributed by atoms with E-state index in [0.717, 1.165) is 6.07 Å². The highest BCUT2D eigenvalue weighted by atomic mass is 19.1. The molecule has 0 aromatic heterocycles. The minimum atomic E-state index is -0.636. The highest BCUT2D eigenvalue weighted by Crippen LogP contribution is 2.31. The maximum atomic E-state index is 13.8. The molecule has 0 radical (unpaired) electrons. The van der Waals surface area contributed by atoms with E-state index in [2.05, 4.69) is 5.32 Å². The van der Waals surface area contributed by atoms with Crippen molar-refractivity contribution in [3.63, 3.8) is 0 Å². The summed E-state index contributed by atoms with van der Waals surface area (Å²) in [7, 11) is 1.57. The zero-order valence-electron chi connectivity index (χ0n) is 11.6. The first-order chi connectivity index (χ1) is 9.37. The van der Waals surface area contributed by atoms with Gasteiger partial charge in [-0.15, -0.1) is 0 Å². The SMILES string of the molecule is CNC(=O)C1(C)CCN(C(=O)c2ccc(N)cc2F)C1. The Morgan fingerprint density at radius 1 is 1.45 bits per heavy atom.